The van der Waals surface area contributed by atoms with E-state index in [-0.39, 0.29) is 0 Å². The molecule has 0 aliphatic carbocycles. The first kappa shape index (κ1) is 18.6. The number of thiophene rings is 1. The predicted molar refractivity (Wildman–Crippen MR) is 99.8 cm³/mol. The maximum absolute atomic E-state index is 12.0. The standard InChI is InChI=1S/C13H12BrCl2NO2S3/c14-12-3-4-13(21-12)22(18,19)17-5-6-20-8-9-1-2-10(15)11(16)7-9/h1-4,7,17H,5-6,8H2. The third-order valence-electron chi connectivity index (χ3n) is 2.60. The Labute approximate surface area is 156 Å². The van der Waals surface area contributed by atoms with Crippen LogP contribution in [0.4, 0.5) is 0 Å². The number of thioether (sulfide) groups is 1. The first-order valence-electron chi connectivity index (χ1n) is 6.15. The van der Waals surface area contributed by atoms with Crippen LogP contribution in [-0.4, -0.2) is 20.7 Å². The molecule has 0 bridgehead atoms. The molecule has 22 heavy (non-hydrogen) atoms. The Morgan fingerprint density at radius 1 is 1.18 bits per heavy atom. The molecule has 0 saturated carbocycles. The molecule has 9 heteroatoms. The van der Waals surface area contributed by atoms with E-state index in [1.165, 1.54) is 11.3 Å². The fourth-order valence-electron chi connectivity index (χ4n) is 1.58. The summed E-state index contributed by atoms with van der Waals surface area (Å²) in [6, 6.07) is 8.80. The summed E-state index contributed by atoms with van der Waals surface area (Å²) in [6.45, 7) is 0.379. The molecule has 0 fully saturated rings. The van der Waals surface area contributed by atoms with Crippen molar-refractivity contribution in [3.8, 4) is 0 Å². The molecule has 120 valence electrons. The molecule has 0 saturated heterocycles. The van der Waals surface area contributed by atoms with Gasteiger partial charge in [-0.05, 0) is 45.8 Å². The van der Waals surface area contributed by atoms with Gasteiger partial charge in [0.05, 0.1) is 13.8 Å². The van der Waals surface area contributed by atoms with Crippen molar-refractivity contribution in [1.82, 2.24) is 4.72 Å². The Bertz CT molecular complexity index is 749. The van der Waals surface area contributed by atoms with Gasteiger partial charge in [0, 0.05) is 18.1 Å². The summed E-state index contributed by atoms with van der Waals surface area (Å²) in [5, 5.41) is 1.06. The molecule has 0 aliphatic heterocycles. The highest BCUT2D eigenvalue weighted by Gasteiger charge is 2.15. The molecular weight excluding hydrogens is 449 g/mol. The average molecular weight is 461 g/mol. The SMILES string of the molecule is O=S(=O)(NCCSCc1ccc(Cl)c(Cl)c1)c1ccc(Br)s1. The molecule has 0 aliphatic rings. The van der Waals surface area contributed by atoms with Gasteiger partial charge < -0.3 is 0 Å². The van der Waals surface area contributed by atoms with Gasteiger partial charge in [-0.2, -0.15) is 11.8 Å². The lowest BCUT2D eigenvalue weighted by Gasteiger charge is -2.05. The number of rotatable bonds is 7. The quantitative estimate of drug-likeness (QED) is 0.589. The van der Waals surface area contributed by atoms with Gasteiger partial charge in [-0.3, -0.25) is 0 Å². The van der Waals surface area contributed by atoms with E-state index in [0.29, 0.717) is 26.6 Å². The minimum atomic E-state index is -3.41. The summed E-state index contributed by atoms with van der Waals surface area (Å²) in [4.78, 5) is 0. The highest BCUT2D eigenvalue weighted by atomic mass is 79.9. The van der Waals surface area contributed by atoms with Gasteiger partial charge in [-0.15, -0.1) is 11.3 Å². The monoisotopic (exact) mass is 459 g/mol. The molecule has 0 amide bonds. The van der Waals surface area contributed by atoms with Crippen molar-refractivity contribution < 1.29 is 8.42 Å². The zero-order valence-corrected chi connectivity index (χ0v) is 16.7. The van der Waals surface area contributed by atoms with Crippen LogP contribution < -0.4 is 4.72 Å². The van der Waals surface area contributed by atoms with Crippen LogP contribution in [0.5, 0.6) is 0 Å². The van der Waals surface area contributed by atoms with E-state index < -0.39 is 10.0 Å². The van der Waals surface area contributed by atoms with Gasteiger partial charge in [0.15, 0.2) is 0 Å². The molecule has 1 aromatic heterocycles. The van der Waals surface area contributed by atoms with Crippen molar-refractivity contribution in [2.45, 2.75) is 9.96 Å². The van der Waals surface area contributed by atoms with E-state index in [0.717, 1.165) is 15.1 Å². The van der Waals surface area contributed by atoms with E-state index in [4.69, 9.17) is 23.2 Å². The summed E-state index contributed by atoms with van der Waals surface area (Å²) >= 11 is 17.9. The fourth-order valence-corrected chi connectivity index (χ4v) is 5.92. The lowest BCUT2D eigenvalue weighted by molar-refractivity contribution is 0.586. The Kier molecular flexibility index (Phi) is 7.07. The Morgan fingerprint density at radius 2 is 1.95 bits per heavy atom. The minimum absolute atomic E-state index is 0.314. The zero-order chi connectivity index (χ0) is 16.2. The molecule has 3 nitrogen and oxygen atoms in total. The molecule has 0 atom stereocenters. The van der Waals surface area contributed by atoms with Gasteiger partial charge in [0.2, 0.25) is 10.0 Å². The van der Waals surface area contributed by atoms with Crippen LogP contribution in [0.1, 0.15) is 5.56 Å². The minimum Gasteiger partial charge on any atom is -0.210 e. The van der Waals surface area contributed by atoms with Crippen molar-refractivity contribution >= 4 is 72.3 Å². The third kappa shape index (κ3) is 5.40. The first-order valence-corrected chi connectivity index (χ1v) is 11.2. The number of halogens is 3. The first-order chi connectivity index (χ1) is 10.4. The van der Waals surface area contributed by atoms with Gasteiger partial charge in [0.25, 0.3) is 0 Å². The van der Waals surface area contributed by atoms with Gasteiger partial charge in [-0.25, -0.2) is 13.1 Å². The van der Waals surface area contributed by atoms with Crippen LogP contribution in [0.15, 0.2) is 38.3 Å². The summed E-state index contributed by atoms with van der Waals surface area (Å²) in [5.74, 6) is 1.43. The highest BCUT2D eigenvalue weighted by Crippen LogP contribution is 2.26. The maximum atomic E-state index is 12.0. The van der Waals surface area contributed by atoms with E-state index in [1.807, 2.05) is 12.1 Å². The van der Waals surface area contributed by atoms with E-state index in [1.54, 1.807) is 30.0 Å². The normalized spacial score (nSPS) is 11.8. The van der Waals surface area contributed by atoms with Crippen molar-refractivity contribution in [2.24, 2.45) is 0 Å². The number of benzene rings is 1. The molecule has 1 heterocycles. The molecule has 0 spiro atoms. The van der Waals surface area contributed by atoms with Crippen molar-refractivity contribution in [1.29, 1.82) is 0 Å². The number of hydrogen-bond donors (Lipinski definition) is 1. The largest absolute Gasteiger partial charge is 0.250 e. The van der Waals surface area contributed by atoms with Crippen LogP contribution in [0, 0.1) is 0 Å². The van der Waals surface area contributed by atoms with E-state index in [9.17, 15) is 8.42 Å². The van der Waals surface area contributed by atoms with E-state index in [2.05, 4.69) is 20.7 Å². The molecule has 1 N–H and O–H groups in total. The molecule has 2 aromatic rings. The second kappa shape index (κ2) is 8.37. The second-order valence-corrected chi connectivity index (χ2v) is 10.6. The molecule has 0 unspecified atom stereocenters. The summed E-state index contributed by atoms with van der Waals surface area (Å²) in [6.07, 6.45) is 0. The topological polar surface area (TPSA) is 46.2 Å². The Balaban J connectivity index is 1.76. The number of nitrogens with one attached hydrogen (secondary N) is 1. The molecule has 0 radical (unpaired) electrons. The third-order valence-corrected chi connectivity index (χ3v) is 7.95. The lowest BCUT2D eigenvalue weighted by Crippen LogP contribution is -2.25. The van der Waals surface area contributed by atoms with Gasteiger partial charge >= 0.3 is 0 Å². The van der Waals surface area contributed by atoms with Crippen molar-refractivity contribution in [3.05, 3.63) is 49.7 Å². The maximum Gasteiger partial charge on any atom is 0.250 e. The van der Waals surface area contributed by atoms with Crippen LogP contribution in [-0.2, 0) is 15.8 Å². The summed E-state index contributed by atoms with van der Waals surface area (Å²) in [5.41, 5.74) is 1.06. The average Bonchev–Trinajstić information content (AvgIpc) is 2.90. The fraction of sp³-hybridized carbons (Fsp3) is 0.231. The van der Waals surface area contributed by atoms with Gasteiger partial charge in [0.1, 0.15) is 4.21 Å². The predicted octanol–water partition coefficient (Wildman–Crippen LogP) is 5.03. The smallest absolute Gasteiger partial charge is 0.210 e. The Morgan fingerprint density at radius 3 is 2.59 bits per heavy atom. The van der Waals surface area contributed by atoms with Gasteiger partial charge in [-0.1, -0.05) is 29.3 Å². The number of sulfonamides is 1. The number of hydrogen-bond acceptors (Lipinski definition) is 4. The van der Waals surface area contributed by atoms with Crippen molar-refractivity contribution in [3.63, 3.8) is 0 Å². The van der Waals surface area contributed by atoms with Crippen LogP contribution in [0.3, 0.4) is 0 Å². The van der Waals surface area contributed by atoms with E-state index >= 15 is 0 Å². The molecule has 1 aromatic carbocycles. The molecule has 2 rings (SSSR count). The molecular formula is C13H12BrCl2NO2S3. The van der Waals surface area contributed by atoms with Crippen molar-refractivity contribution in [2.75, 3.05) is 12.3 Å². The van der Waals surface area contributed by atoms with Crippen LogP contribution in [0.2, 0.25) is 10.0 Å². The lowest BCUT2D eigenvalue weighted by atomic mass is 10.2. The second-order valence-electron chi connectivity index (χ2n) is 4.26. The Hall–Kier alpha value is 0.240. The summed E-state index contributed by atoms with van der Waals surface area (Å²) in [7, 11) is -3.41. The highest BCUT2D eigenvalue weighted by molar-refractivity contribution is 9.11. The van der Waals surface area contributed by atoms with Crippen LogP contribution >= 0.6 is 62.2 Å². The van der Waals surface area contributed by atoms with Crippen LogP contribution in [0.25, 0.3) is 0 Å². The zero-order valence-electron chi connectivity index (χ0n) is 11.2. The summed E-state index contributed by atoms with van der Waals surface area (Å²) < 4.78 is 27.7.